The van der Waals surface area contributed by atoms with E-state index in [9.17, 15) is 8.42 Å². The lowest BCUT2D eigenvalue weighted by molar-refractivity contribution is 0.513. The quantitative estimate of drug-likeness (QED) is 0.834. The van der Waals surface area contributed by atoms with Crippen LogP contribution >= 0.6 is 11.3 Å². The summed E-state index contributed by atoms with van der Waals surface area (Å²) in [6, 6.07) is 4.45. The van der Waals surface area contributed by atoms with Crippen LogP contribution in [0.15, 0.2) is 12.1 Å². The number of hydrogen-bond donors (Lipinski definition) is 1. The molecule has 0 fully saturated rings. The van der Waals surface area contributed by atoms with Crippen LogP contribution in [0, 0.1) is 0 Å². The number of hydrogen-bond acceptors (Lipinski definition) is 4. The molecule has 0 saturated carbocycles. The van der Waals surface area contributed by atoms with E-state index >= 15 is 0 Å². The lowest BCUT2D eigenvalue weighted by atomic mass is 10.2. The highest BCUT2D eigenvalue weighted by molar-refractivity contribution is 7.89. The summed E-state index contributed by atoms with van der Waals surface area (Å²) in [6.07, 6.45) is 1.05. The van der Waals surface area contributed by atoms with Crippen molar-refractivity contribution in [1.82, 2.24) is 9.62 Å². The third kappa shape index (κ3) is 4.35. The third-order valence-corrected chi connectivity index (χ3v) is 6.07. The average molecular weight is 290 g/mol. The Morgan fingerprint density at radius 2 is 2.06 bits per heavy atom. The Kier molecular flexibility index (Phi) is 5.78. The number of sulfonamides is 1. The van der Waals surface area contributed by atoms with Crippen LogP contribution in [-0.2, 0) is 16.4 Å². The largest absolute Gasteiger partial charge is 0.308 e. The molecule has 0 aromatic carbocycles. The molecular formula is C12H22N2O2S2. The maximum absolute atomic E-state index is 11.6. The van der Waals surface area contributed by atoms with Crippen molar-refractivity contribution < 1.29 is 8.42 Å². The van der Waals surface area contributed by atoms with Gasteiger partial charge in [-0.3, -0.25) is 0 Å². The summed E-state index contributed by atoms with van der Waals surface area (Å²) in [5.41, 5.74) is 0. The van der Waals surface area contributed by atoms with Gasteiger partial charge in [0.25, 0.3) is 0 Å². The summed E-state index contributed by atoms with van der Waals surface area (Å²) in [7, 11) is 0.0209. The van der Waals surface area contributed by atoms with Crippen molar-refractivity contribution in [1.29, 1.82) is 0 Å². The van der Waals surface area contributed by atoms with Crippen molar-refractivity contribution in [3.8, 4) is 0 Å². The van der Waals surface area contributed by atoms with Gasteiger partial charge in [0.15, 0.2) is 0 Å². The van der Waals surface area contributed by atoms with Crippen molar-refractivity contribution in [2.24, 2.45) is 0 Å². The maximum atomic E-state index is 11.6. The highest BCUT2D eigenvalue weighted by atomic mass is 32.2. The van der Waals surface area contributed by atoms with Crippen molar-refractivity contribution in [2.75, 3.05) is 26.4 Å². The SMILES string of the molecule is CCc1ccc(C(C)NCCS(=O)(=O)N(C)C)s1. The van der Waals surface area contributed by atoms with Crippen LogP contribution in [0.25, 0.3) is 0 Å². The fourth-order valence-corrected chi connectivity index (χ4v) is 3.23. The Labute approximate surface area is 114 Å². The second-order valence-corrected chi connectivity index (χ2v) is 7.93. The molecule has 0 radical (unpaired) electrons. The van der Waals surface area contributed by atoms with Crippen LogP contribution in [-0.4, -0.2) is 39.1 Å². The van der Waals surface area contributed by atoms with E-state index in [-0.39, 0.29) is 11.8 Å². The molecule has 0 aliphatic heterocycles. The molecule has 1 N–H and O–H groups in total. The summed E-state index contributed by atoms with van der Waals surface area (Å²) >= 11 is 1.78. The van der Waals surface area contributed by atoms with E-state index < -0.39 is 10.0 Å². The zero-order valence-corrected chi connectivity index (χ0v) is 13.1. The predicted molar refractivity (Wildman–Crippen MR) is 77.6 cm³/mol. The second-order valence-electron chi connectivity index (χ2n) is 4.43. The molecule has 0 amide bonds. The molecule has 6 heteroatoms. The standard InChI is InChI=1S/C12H22N2O2S2/c1-5-11-6-7-12(17-11)10(2)13-8-9-18(15,16)14(3)4/h6-7,10,13H,5,8-9H2,1-4H3. The summed E-state index contributed by atoms with van der Waals surface area (Å²) in [4.78, 5) is 2.62. The van der Waals surface area contributed by atoms with Gasteiger partial charge in [0.1, 0.15) is 0 Å². The molecule has 1 aromatic heterocycles. The van der Waals surface area contributed by atoms with E-state index in [2.05, 4.69) is 31.3 Å². The van der Waals surface area contributed by atoms with Gasteiger partial charge >= 0.3 is 0 Å². The molecule has 0 aliphatic carbocycles. The first-order chi connectivity index (χ1) is 8.36. The molecule has 1 aromatic rings. The first kappa shape index (κ1) is 15.6. The molecule has 0 aliphatic rings. The molecule has 1 heterocycles. The monoisotopic (exact) mass is 290 g/mol. The summed E-state index contributed by atoms with van der Waals surface area (Å²) in [6.45, 7) is 4.67. The van der Waals surface area contributed by atoms with Gasteiger partial charge in [-0.1, -0.05) is 6.92 Å². The zero-order valence-electron chi connectivity index (χ0n) is 11.4. The van der Waals surface area contributed by atoms with Crippen LogP contribution in [0.2, 0.25) is 0 Å². The maximum Gasteiger partial charge on any atom is 0.214 e. The van der Waals surface area contributed by atoms with E-state index in [0.29, 0.717) is 6.54 Å². The molecule has 1 rings (SSSR count). The van der Waals surface area contributed by atoms with E-state index in [1.807, 2.05) is 0 Å². The van der Waals surface area contributed by atoms with E-state index in [1.165, 1.54) is 14.1 Å². The second kappa shape index (κ2) is 6.65. The minimum Gasteiger partial charge on any atom is -0.308 e. The van der Waals surface area contributed by atoms with E-state index in [1.54, 1.807) is 25.4 Å². The fraction of sp³-hybridized carbons (Fsp3) is 0.667. The number of rotatable bonds is 7. The molecule has 0 bridgehead atoms. The Morgan fingerprint density at radius 1 is 1.39 bits per heavy atom. The van der Waals surface area contributed by atoms with Crippen LogP contribution in [0.1, 0.15) is 29.6 Å². The number of nitrogens with zero attached hydrogens (tertiary/aromatic N) is 1. The van der Waals surface area contributed by atoms with Gasteiger partial charge in [-0.05, 0) is 25.5 Å². The lowest BCUT2D eigenvalue weighted by Crippen LogP contribution is -2.32. The van der Waals surface area contributed by atoms with Crippen molar-refractivity contribution >= 4 is 21.4 Å². The van der Waals surface area contributed by atoms with Gasteiger partial charge in [-0.15, -0.1) is 11.3 Å². The Hall–Kier alpha value is -0.430. The molecule has 1 atom stereocenters. The van der Waals surface area contributed by atoms with Crippen LogP contribution in [0.5, 0.6) is 0 Å². The fourth-order valence-electron chi connectivity index (χ4n) is 1.50. The summed E-state index contributed by atoms with van der Waals surface area (Å²) in [5, 5.41) is 3.25. The Morgan fingerprint density at radius 3 is 2.56 bits per heavy atom. The van der Waals surface area contributed by atoms with Crippen molar-refractivity contribution in [3.05, 3.63) is 21.9 Å². The zero-order chi connectivity index (χ0) is 13.8. The van der Waals surface area contributed by atoms with Crippen molar-refractivity contribution in [3.63, 3.8) is 0 Å². The first-order valence-corrected chi connectivity index (χ1v) is 8.51. The van der Waals surface area contributed by atoms with Gasteiger partial charge in [0.2, 0.25) is 10.0 Å². The van der Waals surface area contributed by atoms with Gasteiger partial charge in [-0.25, -0.2) is 12.7 Å². The van der Waals surface area contributed by atoms with Crippen LogP contribution < -0.4 is 5.32 Å². The highest BCUT2D eigenvalue weighted by Crippen LogP contribution is 2.23. The molecular weight excluding hydrogens is 268 g/mol. The van der Waals surface area contributed by atoms with Gasteiger partial charge in [0, 0.05) is 36.4 Å². The molecule has 104 valence electrons. The van der Waals surface area contributed by atoms with Gasteiger partial charge in [-0.2, -0.15) is 0 Å². The first-order valence-electron chi connectivity index (χ1n) is 6.09. The van der Waals surface area contributed by atoms with Gasteiger partial charge < -0.3 is 5.32 Å². The minimum absolute atomic E-state index is 0.135. The third-order valence-electron chi connectivity index (χ3n) is 2.82. The topological polar surface area (TPSA) is 49.4 Å². The Balaban J connectivity index is 2.44. The average Bonchev–Trinajstić information content (AvgIpc) is 2.76. The van der Waals surface area contributed by atoms with Gasteiger partial charge in [0.05, 0.1) is 5.75 Å². The van der Waals surface area contributed by atoms with Crippen LogP contribution in [0.3, 0.4) is 0 Å². The summed E-state index contributed by atoms with van der Waals surface area (Å²) < 4.78 is 24.4. The van der Waals surface area contributed by atoms with E-state index in [4.69, 9.17) is 0 Å². The molecule has 1 unspecified atom stereocenters. The molecule has 0 saturated heterocycles. The molecule has 18 heavy (non-hydrogen) atoms. The van der Waals surface area contributed by atoms with Crippen LogP contribution in [0.4, 0.5) is 0 Å². The molecule has 4 nitrogen and oxygen atoms in total. The normalized spacial score (nSPS) is 14.1. The van der Waals surface area contributed by atoms with Crippen molar-refractivity contribution in [2.45, 2.75) is 26.3 Å². The number of thiophene rings is 1. The molecule has 0 spiro atoms. The smallest absolute Gasteiger partial charge is 0.214 e. The number of nitrogens with one attached hydrogen (secondary N) is 1. The van der Waals surface area contributed by atoms with E-state index in [0.717, 1.165) is 6.42 Å². The lowest BCUT2D eigenvalue weighted by Gasteiger charge is -2.14. The number of aryl methyl sites for hydroxylation is 1. The minimum atomic E-state index is -3.10. The Bertz CT molecular complexity index is 466. The highest BCUT2D eigenvalue weighted by Gasteiger charge is 2.14. The summed E-state index contributed by atoms with van der Waals surface area (Å²) in [5.74, 6) is 0.135. The predicted octanol–water partition coefficient (Wildman–Crippen LogP) is 1.85.